The molecule has 0 saturated heterocycles. The standard InChI is InChI=1S/C14H13NO/c16-14-9-15-13-8-4-3-6-11(13)10-5-1-2-7-12(10)14/h1-8,11,13,15H,9H2. The molecular formula is C14H13NO. The first kappa shape index (κ1) is 9.55. The van der Waals surface area contributed by atoms with Crippen LogP contribution in [0.25, 0.3) is 0 Å². The summed E-state index contributed by atoms with van der Waals surface area (Å²) in [6, 6.07) is 8.16. The number of Topliss-reactive ketones (excluding diaryl/α,β-unsaturated/α-hetero) is 1. The number of benzene rings is 1. The van der Waals surface area contributed by atoms with Gasteiger partial charge in [-0.3, -0.25) is 4.79 Å². The van der Waals surface area contributed by atoms with E-state index in [1.54, 1.807) is 0 Å². The molecule has 0 fully saturated rings. The van der Waals surface area contributed by atoms with E-state index in [1.807, 2.05) is 24.3 Å². The minimum absolute atomic E-state index is 0.187. The van der Waals surface area contributed by atoms with Gasteiger partial charge in [0.1, 0.15) is 0 Å². The van der Waals surface area contributed by atoms with Gasteiger partial charge in [0.05, 0.1) is 6.54 Å². The van der Waals surface area contributed by atoms with E-state index in [4.69, 9.17) is 0 Å². The summed E-state index contributed by atoms with van der Waals surface area (Å²) in [6.45, 7) is 0.427. The lowest BCUT2D eigenvalue weighted by Gasteiger charge is -2.23. The van der Waals surface area contributed by atoms with Gasteiger partial charge in [-0.25, -0.2) is 0 Å². The van der Waals surface area contributed by atoms with Crippen LogP contribution in [0.5, 0.6) is 0 Å². The van der Waals surface area contributed by atoms with Crippen LogP contribution in [0.2, 0.25) is 0 Å². The average molecular weight is 211 g/mol. The molecule has 2 heteroatoms. The molecule has 0 saturated carbocycles. The Morgan fingerprint density at radius 1 is 1.12 bits per heavy atom. The fourth-order valence-corrected chi connectivity index (χ4v) is 2.45. The lowest BCUT2D eigenvalue weighted by Crippen LogP contribution is -2.33. The van der Waals surface area contributed by atoms with Crippen molar-refractivity contribution in [3.05, 3.63) is 59.7 Å². The Hall–Kier alpha value is -1.67. The number of carbonyl (C=O) groups excluding carboxylic acids is 1. The van der Waals surface area contributed by atoms with E-state index in [0.29, 0.717) is 6.54 Å². The average Bonchev–Trinajstić information content (AvgIpc) is 2.49. The predicted molar refractivity (Wildman–Crippen MR) is 63.6 cm³/mol. The lowest BCUT2D eigenvalue weighted by atomic mass is 9.86. The van der Waals surface area contributed by atoms with Crippen LogP contribution >= 0.6 is 0 Å². The molecule has 0 spiro atoms. The Kier molecular flexibility index (Phi) is 2.22. The van der Waals surface area contributed by atoms with Gasteiger partial charge in [0.15, 0.2) is 5.78 Å². The molecule has 1 aliphatic heterocycles. The molecule has 1 heterocycles. The molecule has 3 rings (SSSR count). The highest BCUT2D eigenvalue weighted by Crippen LogP contribution is 2.30. The monoisotopic (exact) mass is 211 g/mol. The van der Waals surface area contributed by atoms with Gasteiger partial charge in [0, 0.05) is 17.5 Å². The molecular weight excluding hydrogens is 198 g/mol. The normalized spacial score (nSPS) is 27.1. The smallest absolute Gasteiger partial charge is 0.176 e. The summed E-state index contributed by atoms with van der Waals surface area (Å²) >= 11 is 0. The number of ketones is 1. The highest BCUT2D eigenvalue weighted by molar-refractivity contribution is 5.99. The first-order valence-electron chi connectivity index (χ1n) is 5.57. The van der Waals surface area contributed by atoms with Crippen molar-refractivity contribution in [2.75, 3.05) is 6.54 Å². The fraction of sp³-hybridized carbons (Fsp3) is 0.214. The third kappa shape index (κ3) is 1.42. The molecule has 0 amide bonds. The molecule has 0 bridgehead atoms. The predicted octanol–water partition coefficient (Wildman–Crippen LogP) is 2.05. The Morgan fingerprint density at radius 3 is 2.88 bits per heavy atom. The van der Waals surface area contributed by atoms with E-state index >= 15 is 0 Å². The molecule has 2 nitrogen and oxygen atoms in total. The van der Waals surface area contributed by atoms with E-state index in [9.17, 15) is 4.79 Å². The molecule has 0 aromatic heterocycles. The topological polar surface area (TPSA) is 29.1 Å². The first-order chi connectivity index (χ1) is 7.86. The minimum atomic E-state index is 0.187. The van der Waals surface area contributed by atoms with Gasteiger partial charge in [0.25, 0.3) is 0 Å². The Bertz CT molecular complexity index is 487. The summed E-state index contributed by atoms with van der Waals surface area (Å²) in [4.78, 5) is 11.9. The molecule has 2 unspecified atom stereocenters. The summed E-state index contributed by atoms with van der Waals surface area (Å²) in [5, 5.41) is 3.29. The van der Waals surface area contributed by atoms with Crippen LogP contribution in [0.15, 0.2) is 48.6 Å². The van der Waals surface area contributed by atoms with Crippen molar-refractivity contribution in [2.45, 2.75) is 12.0 Å². The molecule has 1 aromatic rings. The molecule has 1 aromatic carbocycles. The van der Waals surface area contributed by atoms with Crippen LogP contribution in [0, 0.1) is 0 Å². The Morgan fingerprint density at radius 2 is 1.94 bits per heavy atom. The van der Waals surface area contributed by atoms with Gasteiger partial charge in [-0.15, -0.1) is 0 Å². The van der Waals surface area contributed by atoms with Crippen molar-refractivity contribution in [2.24, 2.45) is 0 Å². The fourth-order valence-electron chi connectivity index (χ4n) is 2.45. The van der Waals surface area contributed by atoms with E-state index in [0.717, 1.165) is 11.1 Å². The minimum Gasteiger partial charge on any atom is -0.302 e. The van der Waals surface area contributed by atoms with Crippen molar-refractivity contribution in [3.63, 3.8) is 0 Å². The largest absolute Gasteiger partial charge is 0.302 e. The van der Waals surface area contributed by atoms with Crippen molar-refractivity contribution >= 4 is 5.78 Å². The van der Waals surface area contributed by atoms with Crippen LogP contribution in [-0.2, 0) is 0 Å². The number of allylic oxidation sites excluding steroid dienone is 2. The highest BCUT2D eigenvalue weighted by atomic mass is 16.1. The zero-order valence-electron chi connectivity index (χ0n) is 8.89. The second kappa shape index (κ2) is 3.72. The van der Waals surface area contributed by atoms with Crippen LogP contribution < -0.4 is 5.32 Å². The summed E-state index contributed by atoms with van der Waals surface area (Å²) in [5.41, 5.74) is 2.01. The number of hydrogen-bond donors (Lipinski definition) is 1. The summed E-state index contributed by atoms with van der Waals surface area (Å²) in [5.74, 6) is 0.472. The van der Waals surface area contributed by atoms with Crippen LogP contribution in [0.4, 0.5) is 0 Å². The highest BCUT2D eigenvalue weighted by Gasteiger charge is 2.27. The van der Waals surface area contributed by atoms with Crippen LogP contribution in [0.3, 0.4) is 0 Å². The molecule has 2 atom stereocenters. The first-order valence-corrected chi connectivity index (χ1v) is 5.57. The molecule has 1 aliphatic carbocycles. The van der Waals surface area contributed by atoms with Gasteiger partial charge < -0.3 is 5.32 Å². The van der Waals surface area contributed by atoms with E-state index in [1.165, 1.54) is 0 Å². The maximum Gasteiger partial charge on any atom is 0.176 e. The van der Waals surface area contributed by atoms with E-state index < -0.39 is 0 Å². The molecule has 2 aliphatic rings. The molecule has 0 radical (unpaired) electrons. The zero-order valence-corrected chi connectivity index (χ0v) is 8.89. The lowest BCUT2D eigenvalue weighted by molar-refractivity contribution is 0.0992. The molecule has 1 N–H and O–H groups in total. The third-order valence-electron chi connectivity index (χ3n) is 3.25. The molecule has 80 valence electrons. The second-order valence-electron chi connectivity index (χ2n) is 4.21. The van der Waals surface area contributed by atoms with Gasteiger partial charge in [-0.2, -0.15) is 0 Å². The summed E-state index contributed by atoms with van der Waals surface area (Å²) in [7, 11) is 0. The van der Waals surface area contributed by atoms with Crippen molar-refractivity contribution < 1.29 is 4.79 Å². The second-order valence-corrected chi connectivity index (χ2v) is 4.21. The number of hydrogen-bond acceptors (Lipinski definition) is 2. The van der Waals surface area contributed by atoms with Gasteiger partial charge in [-0.05, 0) is 5.56 Å². The Labute approximate surface area is 94.7 Å². The maximum absolute atomic E-state index is 11.9. The quantitative estimate of drug-likeness (QED) is 0.711. The zero-order chi connectivity index (χ0) is 11.0. The van der Waals surface area contributed by atoms with Gasteiger partial charge in [0.2, 0.25) is 0 Å². The van der Waals surface area contributed by atoms with Crippen molar-refractivity contribution in [1.29, 1.82) is 0 Å². The van der Waals surface area contributed by atoms with Crippen LogP contribution in [-0.4, -0.2) is 18.4 Å². The SMILES string of the molecule is O=C1CNC2C=CC=CC2c2ccccc21. The number of nitrogens with one attached hydrogen (secondary N) is 1. The molecule has 16 heavy (non-hydrogen) atoms. The summed E-state index contributed by atoms with van der Waals surface area (Å²) < 4.78 is 0. The van der Waals surface area contributed by atoms with E-state index in [-0.39, 0.29) is 17.7 Å². The van der Waals surface area contributed by atoms with Gasteiger partial charge >= 0.3 is 0 Å². The van der Waals surface area contributed by atoms with Crippen molar-refractivity contribution in [1.82, 2.24) is 5.32 Å². The van der Waals surface area contributed by atoms with Gasteiger partial charge in [-0.1, -0.05) is 48.6 Å². The van der Waals surface area contributed by atoms with Crippen molar-refractivity contribution in [3.8, 4) is 0 Å². The Balaban J connectivity index is 2.15. The van der Waals surface area contributed by atoms with Crippen LogP contribution in [0.1, 0.15) is 21.8 Å². The number of rotatable bonds is 0. The maximum atomic E-state index is 11.9. The third-order valence-corrected chi connectivity index (χ3v) is 3.25. The number of carbonyl (C=O) groups is 1. The number of fused-ring (bicyclic) bond motifs is 3. The summed E-state index contributed by atoms with van der Waals surface area (Å²) in [6.07, 6.45) is 8.37. The van der Waals surface area contributed by atoms with E-state index in [2.05, 4.69) is 29.6 Å².